The van der Waals surface area contributed by atoms with Gasteiger partial charge < -0.3 is 9.84 Å². The molecule has 8 heteroatoms. The molecule has 1 aromatic heterocycles. The van der Waals surface area contributed by atoms with Crippen molar-refractivity contribution >= 4 is 23.4 Å². The van der Waals surface area contributed by atoms with E-state index in [0.29, 0.717) is 17.0 Å². The lowest BCUT2D eigenvalue weighted by Gasteiger charge is -2.07. The highest BCUT2D eigenvalue weighted by Gasteiger charge is 2.17. The average molecular weight is 412 g/mol. The summed E-state index contributed by atoms with van der Waals surface area (Å²) in [6.45, 7) is 0. The molecule has 0 aliphatic heterocycles. The van der Waals surface area contributed by atoms with Crippen molar-refractivity contribution in [2.24, 2.45) is 0 Å². The molecule has 0 fully saturated rings. The van der Waals surface area contributed by atoms with Crippen molar-refractivity contribution in [1.29, 1.82) is 0 Å². The Balaban J connectivity index is 1.72. The second-order valence-electron chi connectivity index (χ2n) is 6.52. The molecule has 0 radical (unpaired) electrons. The first-order valence-corrected chi connectivity index (χ1v) is 9.32. The van der Waals surface area contributed by atoms with Gasteiger partial charge in [0.25, 0.3) is 17.5 Å². The van der Waals surface area contributed by atoms with E-state index >= 15 is 0 Å². The molecule has 1 heterocycles. The maximum Gasteiger partial charge on any atom is 0.274 e. The zero-order chi connectivity index (χ0) is 21.6. The molecule has 1 amide bonds. The predicted molar refractivity (Wildman–Crippen MR) is 115 cm³/mol. The molecule has 0 aliphatic carbocycles. The van der Waals surface area contributed by atoms with Gasteiger partial charge in [0.05, 0.1) is 4.92 Å². The third-order valence-electron chi connectivity index (χ3n) is 4.36. The molecule has 3 aromatic carbocycles. The number of carbonyl (C=O) groups is 1. The number of carbonyl (C=O) groups excluding carboxylic acids is 1. The largest absolute Gasteiger partial charge is 0.332 e. The van der Waals surface area contributed by atoms with Gasteiger partial charge in [-0.15, -0.1) is 0 Å². The van der Waals surface area contributed by atoms with E-state index in [2.05, 4.69) is 15.5 Å². The highest BCUT2D eigenvalue weighted by molar-refractivity contribution is 6.01. The summed E-state index contributed by atoms with van der Waals surface area (Å²) in [5.41, 5.74) is 1.84. The number of hydrogen-bond acceptors (Lipinski definition) is 6. The van der Waals surface area contributed by atoms with Crippen molar-refractivity contribution in [1.82, 2.24) is 15.5 Å². The van der Waals surface area contributed by atoms with Crippen LogP contribution >= 0.6 is 0 Å². The highest BCUT2D eigenvalue weighted by atomic mass is 16.6. The Hall–Kier alpha value is -4.59. The van der Waals surface area contributed by atoms with Gasteiger partial charge in [-0.25, -0.2) is 0 Å². The third kappa shape index (κ3) is 4.70. The van der Waals surface area contributed by atoms with Gasteiger partial charge in [0, 0.05) is 23.3 Å². The summed E-state index contributed by atoms with van der Waals surface area (Å²) in [4.78, 5) is 27.7. The van der Waals surface area contributed by atoms with Crippen LogP contribution in [0.5, 0.6) is 0 Å². The molecule has 8 nitrogen and oxygen atoms in total. The number of aromatic nitrogens is 2. The second kappa shape index (κ2) is 8.83. The molecule has 0 unspecified atom stereocenters. The number of nitrogens with one attached hydrogen (secondary N) is 1. The number of benzene rings is 3. The number of nitrogens with zero attached hydrogens (tertiary/aromatic N) is 3. The molecule has 0 spiro atoms. The summed E-state index contributed by atoms with van der Waals surface area (Å²) in [7, 11) is 0. The zero-order valence-electron chi connectivity index (χ0n) is 16.1. The van der Waals surface area contributed by atoms with E-state index < -0.39 is 4.92 Å². The molecule has 0 bridgehead atoms. The van der Waals surface area contributed by atoms with Gasteiger partial charge in [0.2, 0.25) is 5.82 Å². The summed E-state index contributed by atoms with van der Waals surface area (Å²) in [5.74, 6) is 0.0564. The van der Waals surface area contributed by atoms with Crippen LogP contribution < -0.4 is 5.32 Å². The molecule has 4 aromatic rings. The van der Waals surface area contributed by atoms with Gasteiger partial charge in [-0.3, -0.25) is 14.9 Å². The van der Waals surface area contributed by atoms with E-state index in [1.165, 1.54) is 12.1 Å². The SMILES string of the molecule is O=C(N/C(=C\c1cccc([N+](=O)[O-])c1)c1nc(-c2ccccc2)no1)c1ccccc1. The normalized spacial score (nSPS) is 11.2. The van der Waals surface area contributed by atoms with Crippen molar-refractivity contribution in [3.63, 3.8) is 0 Å². The zero-order valence-corrected chi connectivity index (χ0v) is 16.1. The fourth-order valence-electron chi connectivity index (χ4n) is 2.87. The topological polar surface area (TPSA) is 111 Å². The molecule has 0 saturated carbocycles. The van der Waals surface area contributed by atoms with Crippen molar-refractivity contribution < 1.29 is 14.2 Å². The fraction of sp³-hybridized carbons (Fsp3) is 0. The van der Waals surface area contributed by atoms with E-state index in [4.69, 9.17) is 4.52 Å². The Morgan fingerprint density at radius 2 is 1.68 bits per heavy atom. The Bertz CT molecular complexity index is 1250. The monoisotopic (exact) mass is 412 g/mol. The van der Waals surface area contributed by atoms with Crippen LogP contribution in [0.2, 0.25) is 0 Å². The van der Waals surface area contributed by atoms with Crippen molar-refractivity contribution in [3.05, 3.63) is 112 Å². The van der Waals surface area contributed by atoms with Gasteiger partial charge in [-0.1, -0.05) is 65.8 Å². The van der Waals surface area contributed by atoms with E-state index in [0.717, 1.165) is 5.56 Å². The molecular formula is C23H16N4O4. The maximum absolute atomic E-state index is 12.7. The summed E-state index contributed by atoms with van der Waals surface area (Å²) < 4.78 is 5.39. The van der Waals surface area contributed by atoms with Crippen LogP contribution in [0.15, 0.2) is 89.5 Å². The smallest absolute Gasteiger partial charge is 0.274 e. The van der Waals surface area contributed by atoms with Gasteiger partial charge in [0.1, 0.15) is 5.70 Å². The third-order valence-corrected chi connectivity index (χ3v) is 4.36. The van der Waals surface area contributed by atoms with Crippen molar-refractivity contribution in [2.45, 2.75) is 0 Å². The molecule has 0 saturated heterocycles. The van der Waals surface area contributed by atoms with Gasteiger partial charge in [-0.2, -0.15) is 4.98 Å². The van der Waals surface area contributed by atoms with E-state index in [1.807, 2.05) is 30.3 Å². The lowest BCUT2D eigenvalue weighted by molar-refractivity contribution is -0.384. The van der Waals surface area contributed by atoms with Crippen LogP contribution in [-0.4, -0.2) is 21.0 Å². The number of amides is 1. The summed E-state index contributed by atoms with van der Waals surface area (Å²) in [6.07, 6.45) is 1.55. The quantitative estimate of drug-likeness (QED) is 0.367. The molecule has 1 N–H and O–H groups in total. The number of non-ortho nitro benzene ring substituents is 1. The first-order chi connectivity index (χ1) is 15.1. The van der Waals surface area contributed by atoms with E-state index in [-0.39, 0.29) is 23.2 Å². The molecule has 4 rings (SSSR count). The lowest BCUT2D eigenvalue weighted by atomic mass is 10.1. The minimum atomic E-state index is -0.486. The van der Waals surface area contributed by atoms with Gasteiger partial charge >= 0.3 is 0 Å². The minimum absolute atomic E-state index is 0.0713. The summed E-state index contributed by atoms with van der Waals surface area (Å²) >= 11 is 0. The van der Waals surface area contributed by atoms with Crippen LogP contribution in [0.1, 0.15) is 21.8 Å². The minimum Gasteiger partial charge on any atom is -0.332 e. The molecule has 31 heavy (non-hydrogen) atoms. The fourth-order valence-corrected chi connectivity index (χ4v) is 2.87. The second-order valence-corrected chi connectivity index (χ2v) is 6.52. The summed E-state index contributed by atoms with van der Waals surface area (Å²) in [5, 5.41) is 17.9. The van der Waals surface area contributed by atoms with E-state index in [1.54, 1.807) is 48.5 Å². The van der Waals surface area contributed by atoms with Crippen molar-refractivity contribution in [3.8, 4) is 11.4 Å². The van der Waals surface area contributed by atoms with Crippen molar-refractivity contribution in [2.75, 3.05) is 0 Å². The first kappa shape index (κ1) is 19.7. The Morgan fingerprint density at radius 3 is 2.39 bits per heavy atom. The Morgan fingerprint density at radius 1 is 0.968 bits per heavy atom. The molecule has 0 aliphatic rings. The van der Waals surface area contributed by atoms with Crippen LogP contribution in [0.4, 0.5) is 5.69 Å². The highest BCUT2D eigenvalue weighted by Crippen LogP contribution is 2.22. The maximum atomic E-state index is 12.7. The van der Waals surface area contributed by atoms with Gasteiger partial charge in [-0.05, 0) is 23.8 Å². The molecule has 0 atom stereocenters. The van der Waals surface area contributed by atoms with E-state index in [9.17, 15) is 14.9 Å². The number of rotatable bonds is 6. The first-order valence-electron chi connectivity index (χ1n) is 9.32. The average Bonchev–Trinajstić information content (AvgIpc) is 3.30. The van der Waals surface area contributed by atoms with Gasteiger partial charge in [0.15, 0.2) is 0 Å². The number of nitro groups is 1. The number of nitro benzene ring substituents is 1. The Labute approximate surface area is 177 Å². The molecular weight excluding hydrogens is 396 g/mol. The van der Waals surface area contributed by atoms with Crippen LogP contribution in [0.3, 0.4) is 0 Å². The summed E-state index contributed by atoms with van der Waals surface area (Å²) in [6, 6.07) is 23.9. The lowest BCUT2D eigenvalue weighted by Crippen LogP contribution is -2.22. The van der Waals surface area contributed by atoms with Crippen LogP contribution in [-0.2, 0) is 0 Å². The van der Waals surface area contributed by atoms with Crippen LogP contribution in [0, 0.1) is 10.1 Å². The predicted octanol–water partition coefficient (Wildman–Crippen LogP) is 4.57. The Kier molecular flexibility index (Phi) is 5.62. The van der Waals surface area contributed by atoms with Crippen LogP contribution in [0.25, 0.3) is 23.2 Å². The molecule has 152 valence electrons. The number of hydrogen-bond donors (Lipinski definition) is 1. The standard InChI is InChI=1S/C23H16N4O4/c28-22(18-11-5-2-6-12-18)24-20(15-16-8-7-13-19(14-16)27(29)30)23-25-21(26-31-23)17-9-3-1-4-10-17/h1-15H,(H,24,28)/b20-15-.